The predicted molar refractivity (Wildman–Crippen MR) is 128 cm³/mol. The van der Waals surface area contributed by atoms with Gasteiger partial charge in [0.05, 0.1) is 5.69 Å². The molecule has 3 rings (SSSR count). The Morgan fingerprint density at radius 2 is 1.61 bits per heavy atom. The third-order valence-corrected chi connectivity index (χ3v) is 5.41. The summed E-state index contributed by atoms with van der Waals surface area (Å²) in [4.78, 5) is 31.5. The molecule has 2 N–H and O–H groups in total. The third kappa shape index (κ3) is 5.29. The van der Waals surface area contributed by atoms with Crippen molar-refractivity contribution in [3.05, 3.63) is 59.2 Å². The number of benzene rings is 2. The largest absolute Gasteiger partial charge is 0.387 e. The van der Waals surface area contributed by atoms with Crippen LogP contribution in [0.2, 0.25) is 0 Å². The van der Waals surface area contributed by atoms with E-state index in [1.165, 1.54) is 0 Å². The quantitative estimate of drug-likeness (QED) is 0.587. The van der Waals surface area contributed by atoms with Gasteiger partial charge >= 0.3 is 0 Å². The number of carbonyl (C=O) groups excluding carboxylic acids is 2. The van der Waals surface area contributed by atoms with Crippen LogP contribution in [0.15, 0.2) is 53.0 Å². The molecule has 0 aliphatic carbocycles. The zero-order chi connectivity index (χ0) is 22.4. The zero-order valence-electron chi connectivity index (χ0n) is 18.6. The molecular weight excluding hydrogens is 386 g/mol. The van der Waals surface area contributed by atoms with Crippen molar-refractivity contribution >= 4 is 29.3 Å². The fourth-order valence-electron chi connectivity index (χ4n) is 3.82. The highest BCUT2D eigenvalue weighted by Gasteiger charge is 2.21. The number of amides is 1. The van der Waals surface area contributed by atoms with Crippen LogP contribution in [-0.4, -0.2) is 35.5 Å². The second-order valence-electron chi connectivity index (χ2n) is 7.87. The summed E-state index contributed by atoms with van der Waals surface area (Å²) in [5.41, 5.74) is 11.2. The molecule has 0 fully saturated rings. The van der Waals surface area contributed by atoms with E-state index in [0.29, 0.717) is 24.3 Å². The summed E-state index contributed by atoms with van der Waals surface area (Å²) in [6.07, 6.45) is 4.61. The molecule has 0 unspecified atom stereocenters. The molecule has 2 aromatic rings. The van der Waals surface area contributed by atoms with Crippen molar-refractivity contribution in [3.63, 3.8) is 0 Å². The van der Waals surface area contributed by atoms with Gasteiger partial charge in [-0.25, -0.2) is 4.99 Å². The molecule has 5 nitrogen and oxygen atoms in total. The summed E-state index contributed by atoms with van der Waals surface area (Å²) < 4.78 is 0. The van der Waals surface area contributed by atoms with Gasteiger partial charge in [0.25, 0.3) is 0 Å². The fourth-order valence-corrected chi connectivity index (χ4v) is 3.82. The Morgan fingerprint density at radius 3 is 2.23 bits per heavy atom. The third-order valence-electron chi connectivity index (χ3n) is 5.41. The van der Waals surface area contributed by atoms with Gasteiger partial charge in [0, 0.05) is 42.6 Å². The lowest BCUT2D eigenvalue weighted by Gasteiger charge is -2.22. The lowest BCUT2D eigenvalue weighted by atomic mass is 9.99. The van der Waals surface area contributed by atoms with Crippen molar-refractivity contribution in [2.45, 2.75) is 46.5 Å². The Bertz CT molecular complexity index is 1010. The van der Waals surface area contributed by atoms with Crippen molar-refractivity contribution in [1.82, 2.24) is 4.90 Å². The molecule has 0 atom stereocenters. The van der Waals surface area contributed by atoms with Gasteiger partial charge in [-0.2, -0.15) is 0 Å². The van der Waals surface area contributed by atoms with E-state index in [2.05, 4.69) is 18.8 Å². The first kappa shape index (κ1) is 22.5. The average molecular weight is 418 g/mol. The van der Waals surface area contributed by atoms with Crippen molar-refractivity contribution in [3.8, 4) is 11.1 Å². The minimum Gasteiger partial charge on any atom is -0.387 e. The van der Waals surface area contributed by atoms with Crippen LogP contribution in [0.1, 0.15) is 62.4 Å². The van der Waals surface area contributed by atoms with Crippen LogP contribution in [-0.2, 0) is 4.79 Å². The van der Waals surface area contributed by atoms with Crippen LogP contribution in [0.25, 0.3) is 17.2 Å². The maximum atomic E-state index is 13.1. The first-order valence-electron chi connectivity index (χ1n) is 11.1. The maximum absolute atomic E-state index is 13.1. The number of Topliss-reactive ketones (excluding diaryl/α,β-unsaturated/α-hetero) is 1. The minimum atomic E-state index is 0.0370. The van der Waals surface area contributed by atoms with Crippen LogP contribution >= 0.6 is 0 Å². The summed E-state index contributed by atoms with van der Waals surface area (Å²) in [6, 6.07) is 13.6. The molecule has 1 aliphatic rings. The minimum absolute atomic E-state index is 0.0370. The predicted octanol–water partition coefficient (Wildman–Crippen LogP) is 5.37. The molecule has 0 saturated heterocycles. The number of hydrogen-bond donors (Lipinski definition) is 1. The van der Waals surface area contributed by atoms with E-state index in [4.69, 9.17) is 5.73 Å². The number of aliphatic imine (C=N–C) groups is 1. The molecule has 0 bridgehead atoms. The lowest BCUT2D eigenvalue weighted by molar-refractivity contribution is -0.127. The number of nitrogens with zero attached hydrogens (tertiary/aromatic N) is 2. The molecule has 162 valence electrons. The fraction of sp³-hybridized carbons (Fsp3) is 0.346. The normalized spacial score (nSPS) is 13.0. The van der Waals surface area contributed by atoms with Gasteiger partial charge < -0.3 is 10.6 Å². The number of rotatable bonds is 8. The molecule has 0 radical (unpaired) electrons. The second-order valence-corrected chi connectivity index (χ2v) is 7.87. The van der Waals surface area contributed by atoms with E-state index in [9.17, 15) is 9.59 Å². The first-order chi connectivity index (χ1) is 15.0. The van der Waals surface area contributed by atoms with Crippen LogP contribution in [0, 0.1) is 0 Å². The van der Waals surface area contributed by atoms with Crippen LogP contribution in [0.4, 0.5) is 5.69 Å². The Balaban J connectivity index is 1.93. The van der Waals surface area contributed by atoms with Gasteiger partial charge in [-0.15, -0.1) is 0 Å². The summed E-state index contributed by atoms with van der Waals surface area (Å²) in [5.74, 6) is 0.607. The first-order valence-corrected chi connectivity index (χ1v) is 11.1. The van der Waals surface area contributed by atoms with E-state index < -0.39 is 0 Å². The number of ketones is 1. The topological polar surface area (TPSA) is 75.8 Å². The molecule has 1 aliphatic heterocycles. The molecule has 2 aromatic carbocycles. The highest BCUT2D eigenvalue weighted by Crippen LogP contribution is 2.32. The number of nitrogens with two attached hydrogens (primary N) is 1. The van der Waals surface area contributed by atoms with Crippen molar-refractivity contribution in [2.24, 2.45) is 10.7 Å². The van der Waals surface area contributed by atoms with E-state index in [-0.39, 0.29) is 11.7 Å². The summed E-state index contributed by atoms with van der Waals surface area (Å²) in [7, 11) is 0. The van der Waals surface area contributed by atoms with Crippen LogP contribution in [0.5, 0.6) is 0 Å². The van der Waals surface area contributed by atoms with Gasteiger partial charge in [0.1, 0.15) is 5.84 Å². The van der Waals surface area contributed by atoms with Crippen LogP contribution in [0.3, 0.4) is 0 Å². The molecule has 31 heavy (non-hydrogen) atoms. The molecule has 0 spiro atoms. The van der Waals surface area contributed by atoms with Gasteiger partial charge in [0.2, 0.25) is 5.91 Å². The molecule has 0 saturated carbocycles. The van der Waals surface area contributed by atoms with Gasteiger partial charge in [0.15, 0.2) is 5.78 Å². The van der Waals surface area contributed by atoms with Crippen molar-refractivity contribution in [2.75, 3.05) is 13.1 Å². The number of carbonyl (C=O) groups is 2. The highest BCUT2D eigenvalue weighted by molar-refractivity contribution is 6.05. The monoisotopic (exact) mass is 417 g/mol. The Morgan fingerprint density at radius 1 is 0.968 bits per heavy atom. The maximum Gasteiger partial charge on any atom is 0.250 e. The number of amidine groups is 1. The van der Waals surface area contributed by atoms with Gasteiger partial charge in [-0.05, 0) is 36.1 Å². The summed E-state index contributed by atoms with van der Waals surface area (Å²) in [6.45, 7) is 7.50. The molecule has 1 heterocycles. The Hall–Kier alpha value is -3.21. The van der Waals surface area contributed by atoms with Gasteiger partial charge in [-0.1, -0.05) is 57.2 Å². The van der Waals surface area contributed by atoms with E-state index in [1.807, 2.05) is 60.4 Å². The van der Waals surface area contributed by atoms with Gasteiger partial charge in [-0.3, -0.25) is 9.59 Å². The zero-order valence-corrected chi connectivity index (χ0v) is 18.6. The molecule has 1 amide bonds. The Labute approximate surface area is 184 Å². The number of fused-ring (bicyclic) bond motifs is 1. The highest BCUT2D eigenvalue weighted by atomic mass is 16.2. The smallest absolute Gasteiger partial charge is 0.250 e. The number of hydrogen-bond acceptors (Lipinski definition) is 4. The second kappa shape index (κ2) is 10.2. The summed E-state index contributed by atoms with van der Waals surface area (Å²) >= 11 is 0. The van der Waals surface area contributed by atoms with E-state index in [1.54, 1.807) is 0 Å². The lowest BCUT2D eigenvalue weighted by Crippen LogP contribution is -2.34. The SMILES string of the molecule is CCCN(CCC)C(=O)C1=Cc2ccc(-c3ccc(C(=O)CC)cc3)cc2N=C(N)C1. The average Bonchev–Trinajstić information content (AvgIpc) is 2.95. The van der Waals surface area contributed by atoms with E-state index >= 15 is 0 Å². The van der Waals surface area contributed by atoms with E-state index in [0.717, 1.165) is 53.9 Å². The Kier molecular flexibility index (Phi) is 7.40. The summed E-state index contributed by atoms with van der Waals surface area (Å²) in [5, 5.41) is 0. The molecule has 5 heteroatoms. The van der Waals surface area contributed by atoms with Crippen molar-refractivity contribution < 1.29 is 9.59 Å². The molecular formula is C26H31N3O2. The van der Waals surface area contributed by atoms with Crippen LogP contribution < -0.4 is 5.73 Å². The molecule has 0 aromatic heterocycles. The standard InChI is InChI=1S/C26H31N3O2/c1-4-13-29(14-5-2)26(31)22-15-21-12-11-20(16-23(21)28-25(27)17-22)18-7-9-19(10-8-18)24(30)6-3/h7-12,15-16H,4-6,13-14,17H2,1-3H3,(H2,27,28). The van der Waals surface area contributed by atoms with Crippen molar-refractivity contribution in [1.29, 1.82) is 0 Å².